The lowest BCUT2D eigenvalue weighted by molar-refractivity contribution is -0.367. The second kappa shape index (κ2) is 26.2. The van der Waals surface area contributed by atoms with E-state index in [-0.39, 0.29) is 51.0 Å². The van der Waals surface area contributed by atoms with Crippen LogP contribution >= 0.6 is 0 Å². The number of nitrogens with one attached hydrogen (secondary N) is 4. The zero-order chi connectivity index (χ0) is 49.4. The minimum absolute atomic E-state index is 0.00294. The van der Waals surface area contributed by atoms with Crippen molar-refractivity contribution in [3.05, 3.63) is 83.7 Å². The maximum atomic E-state index is 15.1. The quantitative estimate of drug-likeness (QED) is 0.0305. The van der Waals surface area contributed by atoms with Crippen LogP contribution in [0.25, 0.3) is 11.1 Å². The van der Waals surface area contributed by atoms with Crippen molar-refractivity contribution in [1.82, 2.24) is 30.7 Å². The fourth-order valence-corrected chi connectivity index (χ4v) is 10.8. The van der Waals surface area contributed by atoms with Crippen molar-refractivity contribution in [2.45, 2.75) is 115 Å². The summed E-state index contributed by atoms with van der Waals surface area (Å²) in [4.78, 5) is 79.3. The minimum atomic E-state index is -1.07. The number of hydrogen-bond donors (Lipinski definition) is 6. The summed E-state index contributed by atoms with van der Waals surface area (Å²) in [6, 6.07) is 11.7. The molecule has 5 amide bonds. The Hall–Kier alpha value is -4.38. The Morgan fingerprint density at radius 2 is 1.56 bits per heavy atom. The third kappa shape index (κ3) is 17.7. The summed E-state index contributed by atoms with van der Waals surface area (Å²) in [7, 11) is 0. The molecule has 0 saturated carbocycles. The molecule has 0 aliphatic heterocycles. The van der Waals surface area contributed by atoms with Gasteiger partial charge in [-0.2, -0.15) is 4.43 Å². The average molecular weight is 1050 g/mol. The lowest BCUT2D eigenvalue weighted by Crippen LogP contribution is -3.35. The Bertz CT molecular complexity index is 2120. The molecular formula is C48H67AlF2IN6O8-. The van der Waals surface area contributed by atoms with Crippen LogP contribution in [0.5, 0.6) is 0 Å². The fourth-order valence-electron chi connectivity index (χ4n) is 7.85. The van der Waals surface area contributed by atoms with Gasteiger partial charge in [-0.25, -0.2) is 8.78 Å². The molecule has 1 aromatic heterocycles. The molecule has 2 aromatic carbocycles. The van der Waals surface area contributed by atoms with Crippen molar-refractivity contribution in [3.63, 3.8) is 0 Å². The normalized spacial score (nSPS) is 13.5. The summed E-state index contributed by atoms with van der Waals surface area (Å²) in [5.41, 5.74) is 1.38. The van der Waals surface area contributed by atoms with Gasteiger partial charge in [-0.15, -0.1) is 5.28 Å². The zero-order valence-corrected chi connectivity index (χ0v) is 42.7. The number of aliphatic hydroxyl groups is 1. The molecule has 14 nitrogen and oxygen atoms in total. The van der Waals surface area contributed by atoms with Gasteiger partial charge in [0.15, 0.2) is 0 Å². The van der Waals surface area contributed by atoms with Gasteiger partial charge < -0.3 is 63.5 Å². The average Bonchev–Trinajstić information content (AvgIpc) is 3.64. The summed E-state index contributed by atoms with van der Waals surface area (Å²) >= 11 is 2.31. The largest absolute Gasteiger partial charge is 0.797 e. The molecule has 66 heavy (non-hydrogen) atoms. The predicted molar refractivity (Wildman–Crippen MR) is 246 cm³/mol. The van der Waals surface area contributed by atoms with Gasteiger partial charge in [0, 0.05) is 49.1 Å². The highest BCUT2D eigenvalue weighted by molar-refractivity contribution is 6.39. The monoisotopic (exact) mass is 1050 g/mol. The minimum Gasteiger partial charge on any atom is -0.797 e. The van der Waals surface area contributed by atoms with Crippen molar-refractivity contribution >= 4 is 50.7 Å². The van der Waals surface area contributed by atoms with E-state index in [1.54, 1.807) is 26.1 Å². The summed E-state index contributed by atoms with van der Waals surface area (Å²) in [5.74, 6) is -6.58. The van der Waals surface area contributed by atoms with Crippen molar-refractivity contribution in [1.29, 1.82) is 0 Å². The molecule has 2 radical (unpaired) electrons. The number of rotatable bonds is 26. The van der Waals surface area contributed by atoms with Crippen molar-refractivity contribution in [2.24, 2.45) is 17.3 Å². The number of carbonyl (C=O) groups is 6. The van der Waals surface area contributed by atoms with Crippen molar-refractivity contribution in [2.75, 3.05) is 30.7 Å². The molecule has 1 heterocycles. The molecule has 362 valence electrons. The molecule has 18 heteroatoms. The number of nitrogens with zero attached hydrogens (tertiary/aromatic N) is 2. The number of carboxylic acids is 1. The van der Waals surface area contributed by atoms with Crippen LogP contribution in [0.4, 0.5) is 8.78 Å². The second-order valence-electron chi connectivity index (χ2n) is 18.8. The smallest absolute Gasteiger partial charge is 0.306 e. The van der Waals surface area contributed by atoms with Crippen LogP contribution in [-0.4, -0.2) is 113 Å². The molecular weight excluding hydrogens is 980 g/mol. The van der Waals surface area contributed by atoms with E-state index in [9.17, 15) is 43.4 Å². The van der Waals surface area contributed by atoms with E-state index in [1.165, 1.54) is 11.8 Å². The number of aliphatic hydroxyl groups excluding tert-OH is 1. The molecule has 0 saturated heterocycles. The Balaban J connectivity index is 1.65. The maximum absolute atomic E-state index is 15.1. The van der Waals surface area contributed by atoms with Crippen LogP contribution < -0.4 is 43.9 Å². The highest BCUT2D eigenvalue weighted by atomic mass is 127. The lowest BCUT2D eigenvalue weighted by atomic mass is 9.83. The first-order valence-electron chi connectivity index (χ1n) is 22.3. The molecule has 0 spiro atoms. The first kappa shape index (κ1) is 55.9. The Labute approximate surface area is 407 Å². The van der Waals surface area contributed by atoms with Crippen LogP contribution in [0.1, 0.15) is 98.4 Å². The van der Waals surface area contributed by atoms with Crippen LogP contribution in [0.15, 0.2) is 60.8 Å². The van der Waals surface area contributed by atoms with Gasteiger partial charge in [-0.05, 0) is 60.9 Å². The van der Waals surface area contributed by atoms with E-state index >= 15 is 4.39 Å². The molecule has 3 aromatic rings. The summed E-state index contributed by atoms with van der Waals surface area (Å²) in [6.45, 7) is 14.0. The number of benzene rings is 2. The Morgan fingerprint density at radius 3 is 2.17 bits per heavy atom. The van der Waals surface area contributed by atoms with E-state index < -0.39 is 95.7 Å². The third-order valence-electron chi connectivity index (χ3n) is 11.2. The summed E-state index contributed by atoms with van der Waals surface area (Å²) < 4.78 is 32.2. The lowest BCUT2D eigenvalue weighted by Gasteiger charge is -2.41. The van der Waals surface area contributed by atoms with E-state index in [1.807, 2.05) is 69.5 Å². The molecule has 0 fully saturated rings. The van der Waals surface area contributed by atoms with Gasteiger partial charge >= 0.3 is 5.97 Å². The number of carbonyl (C=O) groups excluding carboxylic acids is 5. The SMILES string of the molecule is CC(C)[C@H](NC(=O)CNC(=O)CC(C[C](C)(C)[Al][CH2]CC[I-])C(=O)O)C(=O)N[C@@H](C)C(=O)NCCCN(C(=O)CO)[C@@H](c1cc(-c2cc(F)ccc2F)cn1Cc1ccccc1)C(C)(C)C. The molecule has 0 bridgehead atoms. The van der Waals surface area contributed by atoms with Gasteiger partial charge in [0.1, 0.15) is 30.3 Å². The summed E-state index contributed by atoms with van der Waals surface area (Å²) in [5, 5.41) is 31.5. The van der Waals surface area contributed by atoms with Gasteiger partial charge in [-0.3, -0.25) is 28.8 Å². The highest BCUT2D eigenvalue weighted by Crippen LogP contribution is 2.41. The van der Waals surface area contributed by atoms with E-state index in [4.69, 9.17) is 0 Å². The number of aliphatic carboxylic acids is 1. The fraction of sp³-hybridized carbons (Fsp3) is 0.542. The van der Waals surface area contributed by atoms with Gasteiger partial charge in [0.05, 0.1) is 18.5 Å². The first-order valence-corrected chi connectivity index (χ1v) is 25.3. The topological polar surface area (TPSA) is 199 Å². The number of aromatic nitrogens is 1. The first-order chi connectivity index (χ1) is 31.0. The number of hydrogen-bond acceptors (Lipinski definition) is 7. The highest BCUT2D eigenvalue weighted by Gasteiger charge is 2.37. The predicted octanol–water partition coefficient (Wildman–Crippen LogP) is 2.40. The van der Waals surface area contributed by atoms with Gasteiger partial charge in [0.2, 0.25) is 44.8 Å². The standard InChI is InChI=1S/C45H61F2N6O8.C3H6I.Al/c1-27(2)19-31(44(60)61)21-37(55)49-23-38(56)51-40(28(3)4)43(59)50-29(5)42(58)48-17-12-18-53(39(57)26-54)41(45(6,7)8)36-20-32(34-22-33(46)15-16-35(34)47)25-52(36)24-30-13-10-9-11-14-30;1-2-3-4;/h9-11,13-16,20,22,25,28-29,31,40-41,54H,12,17-19,21,23-24,26H2,1-8H3,(H,48,58)(H,49,55)(H,50,59)(H,51,56)(H,60,61);1-3H2;/q;-1;/t29-,31?,40-,41-;;/m0../s1. The molecule has 0 aliphatic carbocycles. The Morgan fingerprint density at radius 1 is 0.879 bits per heavy atom. The summed E-state index contributed by atoms with van der Waals surface area (Å²) in [6.07, 6.45) is 3.09. The third-order valence-corrected chi connectivity index (χ3v) is 14.0. The number of carboxylic acid groups (broad SMARTS) is 1. The molecule has 6 N–H and O–H groups in total. The zero-order valence-electron chi connectivity index (χ0n) is 39.4. The molecule has 0 aliphatic rings. The van der Waals surface area contributed by atoms with Gasteiger partial charge in [-0.1, -0.05) is 89.5 Å². The number of amides is 5. The second-order valence-corrected chi connectivity index (χ2v) is 22.4. The van der Waals surface area contributed by atoms with Gasteiger partial charge in [0.25, 0.3) is 0 Å². The van der Waals surface area contributed by atoms with Crippen molar-refractivity contribution in [3.8, 4) is 11.1 Å². The molecule has 3 rings (SSSR count). The van der Waals surface area contributed by atoms with Crippen LogP contribution in [-0.2, 0) is 35.3 Å². The van der Waals surface area contributed by atoms with Crippen molar-refractivity contribution < 1.29 is 70.4 Å². The molecule has 4 atom stereocenters. The van der Waals surface area contributed by atoms with Crippen LogP contribution in [0.2, 0.25) is 9.56 Å². The van der Waals surface area contributed by atoms with Crippen LogP contribution in [0, 0.1) is 28.9 Å². The van der Waals surface area contributed by atoms with E-state index in [2.05, 4.69) is 43.9 Å². The number of alkyl halides is 1. The van der Waals surface area contributed by atoms with Crippen LogP contribution in [0.3, 0.4) is 0 Å². The van der Waals surface area contributed by atoms with E-state index in [0.29, 0.717) is 24.2 Å². The number of halogens is 3. The molecule has 1 unspecified atom stereocenters. The maximum Gasteiger partial charge on any atom is 0.306 e. The van der Waals surface area contributed by atoms with E-state index in [0.717, 1.165) is 39.9 Å². The Kier molecular flexibility index (Phi) is 22.2.